The van der Waals surface area contributed by atoms with Gasteiger partial charge in [-0.15, -0.1) is 0 Å². The first-order chi connectivity index (χ1) is 14.6. The lowest BCUT2D eigenvalue weighted by atomic mass is 9.96. The number of anilines is 1. The Morgan fingerprint density at radius 3 is 1.90 bits per heavy atom. The predicted molar refractivity (Wildman–Crippen MR) is 130 cm³/mol. The molecule has 0 saturated carbocycles. The van der Waals surface area contributed by atoms with Gasteiger partial charge in [0, 0.05) is 31.9 Å². The van der Waals surface area contributed by atoms with Crippen molar-refractivity contribution in [1.82, 2.24) is 9.80 Å². The SMILES string of the molecule is Cc1cccc(NC(=S)N2CCN(C(c3ccccc3)c3ccccc3)CC2)c1C. The largest absolute Gasteiger partial charge is 0.346 e. The molecular formula is C26H29N3S. The zero-order valence-corrected chi connectivity index (χ0v) is 18.5. The van der Waals surface area contributed by atoms with Crippen molar-refractivity contribution < 1.29 is 0 Å². The molecule has 1 heterocycles. The molecule has 30 heavy (non-hydrogen) atoms. The number of hydrogen-bond acceptors (Lipinski definition) is 2. The average molecular weight is 416 g/mol. The van der Waals surface area contributed by atoms with Crippen molar-refractivity contribution in [3.63, 3.8) is 0 Å². The molecule has 4 heteroatoms. The molecule has 0 atom stereocenters. The van der Waals surface area contributed by atoms with Crippen LogP contribution in [-0.2, 0) is 0 Å². The minimum Gasteiger partial charge on any atom is -0.346 e. The smallest absolute Gasteiger partial charge is 0.173 e. The van der Waals surface area contributed by atoms with Crippen molar-refractivity contribution in [2.45, 2.75) is 19.9 Å². The topological polar surface area (TPSA) is 18.5 Å². The first-order valence-corrected chi connectivity index (χ1v) is 11.0. The summed E-state index contributed by atoms with van der Waals surface area (Å²) in [6.45, 7) is 8.07. The van der Waals surface area contributed by atoms with Gasteiger partial charge in [0.1, 0.15) is 0 Å². The van der Waals surface area contributed by atoms with Crippen LogP contribution in [0.25, 0.3) is 0 Å². The number of hydrogen-bond donors (Lipinski definition) is 1. The molecule has 3 aromatic carbocycles. The van der Waals surface area contributed by atoms with E-state index in [1.54, 1.807) is 0 Å². The second-order valence-electron chi connectivity index (χ2n) is 7.92. The summed E-state index contributed by atoms with van der Waals surface area (Å²) < 4.78 is 0. The Hall–Kier alpha value is -2.69. The van der Waals surface area contributed by atoms with E-state index >= 15 is 0 Å². The number of piperazine rings is 1. The molecule has 0 spiro atoms. The van der Waals surface area contributed by atoms with Crippen LogP contribution >= 0.6 is 12.2 Å². The molecule has 0 radical (unpaired) electrons. The maximum atomic E-state index is 5.75. The average Bonchev–Trinajstić information content (AvgIpc) is 2.79. The van der Waals surface area contributed by atoms with Crippen LogP contribution in [0.1, 0.15) is 28.3 Å². The fraction of sp³-hybridized carbons (Fsp3) is 0.269. The summed E-state index contributed by atoms with van der Waals surface area (Å²) in [6.07, 6.45) is 0. The quantitative estimate of drug-likeness (QED) is 0.574. The second kappa shape index (κ2) is 9.41. The van der Waals surface area contributed by atoms with Crippen LogP contribution in [0, 0.1) is 13.8 Å². The molecule has 1 aliphatic heterocycles. The molecule has 0 amide bonds. The molecule has 0 aliphatic carbocycles. The van der Waals surface area contributed by atoms with Crippen molar-refractivity contribution in [3.05, 3.63) is 101 Å². The number of nitrogens with zero attached hydrogens (tertiary/aromatic N) is 2. The molecule has 1 saturated heterocycles. The van der Waals surface area contributed by atoms with E-state index < -0.39 is 0 Å². The summed E-state index contributed by atoms with van der Waals surface area (Å²) in [5.41, 5.74) is 6.32. The number of rotatable bonds is 4. The van der Waals surface area contributed by atoms with Crippen LogP contribution in [0.4, 0.5) is 5.69 Å². The van der Waals surface area contributed by atoms with E-state index in [2.05, 4.69) is 108 Å². The van der Waals surface area contributed by atoms with Gasteiger partial charge in [0.15, 0.2) is 5.11 Å². The summed E-state index contributed by atoms with van der Waals surface area (Å²) in [6, 6.07) is 28.2. The molecule has 3 aromatic rings. The van der Waals surface area contributed by atoms with Crippen LogP contribution in [-0.4, -0.2) is 41.1 Å². The number of aryl methyl sites for hydroxylation is 1. The second-order valence-corrected chi connectivity index (χ2v) is 8.31. The van der Waals surface area contributed by atoms with Gasteiger partial charge in [0.25, 0.3) is 0 Å². The maximum Gasteiger partial charge on any atom is 0.173 e. The lowest BCUT2D eigenvalue weighted by molar-refractivity contribution is 0.151. The Morgan fingerprint density at radius 1 is 0.767 bits per heavy atom. The third kappa shape index (κ3) is 4.55. The number of benzene rings is 3. The van der Waals surface area contributed by atoms with Crippen molar-refractivity contribution in [2.75, 3.05) is 31.5 Å². The van der Waals surface area contributed by atoms with E-state index in [9.17, 15) is 0 Å². The van der Waals surface area contributed by atoms with Gasteiger partial charge in [-0.05, 0) is 54.4 Å². The zero-order chi connectivity index (χ0) is 20.9. The van der Waals surface area contributed by atoms with Gasteiger partial charge in [0.2, 0.25) is 0 Å². The highest BCUT2D eigenvalue weighted by Crippen LogP contribution is 2.29. The molecule has 1 aliphatic rings. The minimum atomic E-state index is 0.273. The van der Waals surface area contributed by atoms with E-state index in [0.29, 0.717) is 0 Å². The zero-order valence-electron chi connectivity index (χ0n) is 17.7. The lowest BCUT2D eigenvalue weighted by Crippen LogP contribution is -2.51. The van der Waals surface area contributed by atoms with E-state index in [4.69, 9.17) is 12.2 Å². The highest BCUT2D eigenvalue weighted by molar-refractivity contribution is 7.80. The van der Waals surface area contributed by atoms with Crippen LogP contribution in [0.2, 0.25) is 0 Å². The van der Waals surface area contributed by atoms with E-state index in [1.165, 1.54) is 22.3 Å². The van der Waals surface area contributed by atoms with Crippen LogP contribution < -0.4 is 5.32 Å². The Labute approximate surface area is 185 Å². The standard InChI is InChI=1S/C26H29N3S/c1-20-10-9-15-24(21(20)2)27-26(30)29-18-16-28(17-19-29)25(22-11-5-3-6-12-22)23-13-7-4-8-14-23/h3-15,25H,16-19H2,1-2H3,(H,27,30). The molecule has 0 unspecified atom stereocenters. The molecule has 1 N–H and O–H groups in total. The summed E-state index contributed by atoms with van der Waals surface area (Å²) in [5, 5.41) is 4.29. The third-order valence-electron chi connectivity index (χ3n) is 6.04. The van der Waals surface area contributed by atoms with E-state index in [0.717, 1.165) is 37.0 Å². The van der Waals surface area contributed by atoms with Crippen LogP contribution in [0.15, 0.2) is 78.9 Å². The lowest BCUT2D eigenvalue weighted by Gasteiger charge is -2.40. The van der Waals surface area contributed by atoms with Gasteiger partial charge in [-0.1, -0.05) is 72.8 Å². The molecule has 1 fully saturated rings. The summed E-state index contributed by atoms with van der Waals surface area (Å²) in [4.78, 5) is 4.86. The number of nitrogens with one attached hydrogen (secondary N) is 1. The van der Waals surface area contributed by atoms with Crippen LogP contribution in [0.5, 0.6) is 0 Å². The van der Waals surface area contributed by atoms with E-state index in [1.807, 2.05) is 0 Å². The molecule has 4 rings (SSSR count). The molecule has 0 bridgehead atoms. The fourth-order valence-corrected chi connectivity index (χ4v) is 4.44. The maximum absolute atomic E-state index is 5.75. The van der Waals surface area contributed by atoms with Crippen molar-refractivity contribution in [3.8, 4) is 0 Å². The molecule has 0 aromatic heterocycles. The summed E-state index contributed by atoms with van der Waals surface area (Å²) in [7, 11) is 0. The summed E-state index contributed by atoms with van der Waals surface area (Å²) >= 11 is 5.75. The van der Waals surface area contributed by atoms with E-state index in [-0.39, 0.29) is 6.04 Å². The first kappa shape index (κ1) is 20.6. The Kier molecular flexibility index (Phi) is 6.46. The van der Waals surface area contributed by atoms with Gasteiger partial charge in [-0.25, -0.2) is 0 Å². The van der Waals surface area contributed by atoms with Gasteiger partial charge in [-0.2, -0.15) is 0 Å². The summed E-state index contributed by atoms with van der Waals surface area (Å²) in [5.74, 6) is 0. The first-order valence-electron chi connectivity index (χ1n) is 10.6. The highest BCUT2D eigenvalue weighted by atomic mass is 32.1. The van der Waals surface area contributed by atoms with Crippen LogP contribution in [0.3, 0.4) is 0 Å². The van der Waals surface area contributed by atoms with Gasteiger partial charge in [-0.3, -0.25) is 4.90 Å². The predicted octanol–water partition coefficient (Wildman–Crippen LogP) is 5.41. The van der Waals surface area contributed by atoms with Gasteiger partial charge in [0.05, 0.1) is 6.04 Å². The molecular weight excluding hydrogens is 386 g/mol. The van der Waals surface area contributed by atoms with Crippen molar-refractivity contribution in [2.24, 2.45) is 0 Å². The number of thiocarbonyl (C=S) groups is 1. The highest BCUT2D eigenvalue weighted by Gasteiger charge is 2.27. The normalized spacial score (nSPS) is 14.7. The molecule has 154 valence electrons. The minimum absolute atomic E-state index is 0.273. The Morgan fingerprint density at radius 2 is 1.33 bits per heavy atom. The Balaban J connectivity index is 1.46. The fourth-order valence-electron chi connectivity index (χ4n) is 4.15. The van der Waals surface area contributed by atoms with Gasteiger partial charge < -0.3 is 10.2 Å². The van der Waals surface area contributed by atoms with Crippen molar-refractivity contribution >= 4 is 23.0 Å². The third-order valence-corrected chi connectivity index (χ3v) is 6.40. The van der Waals surface area contributed by atoms with Gasteiger partial charge >= 0.3 is 0 Å². The Bertz CT molecular complexity index is 940. The van der Waals surface area contributed by atoms with Crippen molar-refractivity contribution in [1.29, 1.82) is 0 Å². The molecule has 3 nitrogen and oxygen atoms in total. The monoisotopic (exact) mass is 415 g/mol.